The summed E-state index contributed by atoms with van der Waals surface area (Å²) in [5, 5.41) is 2.76. The molecule has 0 saturated carbocycles. The molecule has 0 aliphatic carbocycles. The van der Waals surface area contributed by atoms with Crippen LogP contribution >= 0.6 is 11.3 Å². The smallest absolute Gasteiger partial charge is 0.133 e. The van der Waals surface area contributed by atoms with E-state index in [4.69, 9.17) is 5.73 Å². The second kappa shape index (κ2) is 5.48. The summed E-state index contributed by atoms with van der Waals surface area (Å²) in [5.74, 6) is -0.249. The average molecular weight is 317 g/mol. The second-order valence-electron chi connectivity index (χ2n) is 6.77. The third-order valence-electron chi connectivity index (χ3n) is 3.63. The van der Waals surface area contributed by atoms with Crippen LogP contribution in [0.3, 0.4) is 0 Å². The number of thiazole rings is 1. The van der Waals surface area contributed by atoms with Crippen LogP contribution in [0.25, 0.3) is 22.2 Å². The molecule has 1 aromatic carbocycles. The molecule has 0 bridgehead atoms. The molecule has 0 fully saturated rings. The number of benzene rings is 1. The highest BCUT2D eigenvalue weighted by molar-refractivity contribution is 7.07. The zero-order valence-electron chi connectivity index (χ0n) is 13.1. The molecule has 22 heavy (non-hydrogen) atoms. The Kier molecular flexibility index (Phi) is 3.78. The molecule has 0 aliphatic heterocycles. The Morgan fingerprint density at radius 1 is 1.32 bits per heavy atom. The lowest BCUT2D eigenvalue weighted by Gasteiger charge is -2.20. The number of hydrogen-bond acceptors (Lipinski definition) is 3. The summed E-state index contributed by atoms with van der Waals surface area (Å²) in [6, 6.07) is 3.48. The van der Waals surface area contributed by atoms with E-state index < -0.39 is 0 Å². The van der Waals surface area contributed by atoms with Crippen molar-refractivity contribution in [2.45, 2.75) is 33.9 Å². The minimum Gasteiger partial charge on any atom is -0.347 e. The van der Waals surface area contributed by atoms with E-state index in [0.717, 1.165) is 23.0 Å². The predicted octanol–water partition coefficient (Wildman–Crippen LogP) is 4.41. The fourth-order valence-electron chi connectivity index (χ4n) is 2.73. The monoisotopic (exact) mass is 317 g/mol. The van der Waals surface area contributed by atoms with Crippen molar-refractivity contribution in [3.63, 3.8) is 0 Å². The summed E-state index contributed by atoms with van der Waals surface area (Å²) in [7, 11) is 0. The van der Waals surface area contributed by atoms with Crippen molar-refractivity contribution in [2.24, 2.45) is 11.1 Å². The molecule has 3 rings (SSSR count). The van der Waals surface area contributed by atoms with Crippen LogP contribution in [0.4, 0.5) is 4.39 Å². The van der Waals surface area contributed by atoms with E-state index in [9.17, 15) is 4.39 Å². The maximum absolute atomic E-state index is 14.5. The molecule has 2 N–H and O–H groups in total. The summed E-state index contributed by atoms with van der Waals surface area (Å²) in [5.41, 5.74) is 10.9. The van der Waals surface area contributed by atoms with Gasteiger partial charge in [0, 0.05) is 41.1 Å². The van der Waals surface area contributed by atoms with Crippen LogP contribution in [-0.2, 0) is 13.1 Å². The first-order chi connectivity index (χ1) is 10.4. The maximum atomic E-state index is 14.5. The minimum absolute atomic E-state index is 0.132. The van der Waals surface area contributed by atoms with Gasteiger partial charge in [-0.05, 0) is 23.1 Å². The van der Waals surface area contributed by atoms with Crippen LogP contribution in [0, 0.1) is 11.2 Å². The largest absolute Gasteiger partial charge is 0.347 e. The highest BCUT2D eigenvalue weighted by atomic mass is 32.1. The molecule has 0 radical (unpaired) electrons. The molecule has 116 valence electrons. The summed E-state index contributed by atoms with van der Waals surface area (Å²) in [6.45, 7) is 7.82. The van der Waals surface area contributed by atoms with Gasteiger partial charge in [0.2, 0.25) is 0 Å². The molecule has 3 aromatic rings. The third-order valence-corrected chi connectivity index (χ3v) is 4.21. The molecule has 2 heterocycles. The van der Waals surface area contributed by atoms with Gasteiger partial charge in [0.05, 0.1) is 11.2 Å². The van der Waals surface area contributed by atoms with Gasteiger partial charge in [-0.1, -0.05) is 20.8 Å². The standard InChI is InChI=1S/C17H20FN3S/c1-17(2,3)9-21-7-11(6-19)12-4-14(18)13(5-16(12)21)15-8-22-10-20-15/h4-5,7-8,10H,6,9,19H2,1-3H3. The third kappa shape index (κ3) is 2.78. The fourth-order valence-corrected chi connectivity index (χ4v) is 3.28. The van der Waals surface area contributed by atoms with Gasteiger partial charge in [-0.15, -0.1) is 11.3 Å². The zero-order chi connectivity index (χ0) is 15.9. The van der Waals surface area contributed by atoms with E-state index in [2.05, 4.69) is 30.3 Å². The van der Waals surface area contributed by atoms with Crippen LogP contribution in [0.15, 0.2) is 29.2 Å². The van der Waals surface area contributed by atoms with Crippen LogP contribution in [0.5, 0.6) is 0 Å². The van der Waals surface area contributed by atoms with E-state index >= 15 is 0 Å². The Morgan fingerprint density at radius 3 is 2.68 bits per heavy atom. The number of aromatic nitrogens is 2. The SMILES string of the molecule is CC(C)(C)Cn1cc(CN)c2cc(F)c(-c3cscn3)cc21. The van der Waals surface area contributed by atoms with E-state index in [0.29, 0.717) is 17.8 Å². The molecule has 0 atom stereocenters. The van der Waals surface area contributed by atoms with Gasteiger partial charge in [-0.25, -0.2) is 9.37 Å². The van der Waals surface area contributed by atoms with Gasteiger partial charge in [-0.3, -0.25) is 0 Å². The highest BCUT2D eigenvalue weighted by Gasteiger charge is 2.18. The molecule has 0 amide bonds. The quantitative estimate of drug-likeness (QED) is 0.777. The van der Waals surface area contributed by atoms with Crippen molar-refractivity contribution in [3.8, 4) is 11.3 Å². The Bertz CT molecular complexity index is 798. The Balaban J connectivity index is 2.22. The second-order valence-corrected chi connectivity index (χ2v) is 7.49. The molecule has 0 unspecified atom stereocenters. The molecule has 0 spiro atoms. The minimum atomic E-state index is -0.249. The first-order valence-electron chi connectivity index (χ1n) is 7.29. The lowest BCUT2D eigenvalue weighted by molar-refractivity contribution is 0.349. The summed E-state index contributed by atoms with van der Waals surface area (Å²) >= 11 is 1.47. The topological polar surface area (TPSA) is 43.8 Å². The number of nitrogens with zero attached hydrogens (tertiary/aromatic N) is 2. The number of fused-ring (bicyclic) bond motifs is 1. The van der Waals surface area contributed by atoms with Crippen LogP contribution in [0.1, 0.15) is 26.3 Å². The average Bonchev–Trinajstić information content (AvgIpc) is 3.04. The van der Waals surface area contributed by atoms with Crippen molar-refractivity contribution >= 4 is 22.2 Å². The van der Waals surface area contributed by atoms with Crippen LogP contribution in [0.2, 0.25) is 0 Å². The normalized spacial score (nSPS) is 12.2. The van der Waals surface area contributed by atoms with Gasteiger partial charge in [0.1, 0.15) is 5.82 Å². The maximum Gasteiger partial charge on any atom is 0.133 e. The van der Waals surface area contributed by atoms with E-state index in [-0.39, 0.29) is 11.2 Å². The van der Waals surface area contributed by atoms with E-state index in [1.807, 2.05) is 17.6 Å². The number of rotatable bonds is 3. The van der Waals surface area contributed by atoms with Gasteiger partial charge in [0.15, 0.2) is 0 Å². The van der Waals surface area contributed by atoms with Gasteiger partial charge < -0.3 is 10.3 Å². The Morgan fingerprint density at radius 2 is 2.09 bits per heavy atom. The van der Waals surface area contributed by atoms with E-state index in [1.165, 1.54) is 11.3 Å². The number of halogens is 1. The Hall–Kier alpha value is -1.72. The van der Waals surface area contributed by atoms with Crippen LogP contribution in [-0.4, -0.2) is 9.55 Å². The molecule has 0 saturated heterocycles. The van der Waals surface area contributed by atoms with E-state index in [1.54, 1.807) is 11.6 Å². The summed E-state index contributed by atoms with van der Waals surface area (Å²) in [4.78, 5) is 4.23. The van der Waals surface area contributed by atoms with Gasteiger partial charge in [0.25, 0.3) is 0 Å². The van der Waals surface area contributed by atoms with Crippen molar-refractivity contribution in [2.75, 3.05) is 0 Å². The first-order valence-corrected chi connectivity index (χ1v) is 8.23. The lowest BCUT2D eigenvalue weighted by Crippen LogP contribution is -2.14. The first kappa shape index (κ1) is 15.2. The molecular weight excluding hydrogens is 297 g/mol. The van der Waals surface area contributed by atoms with Crippen LogP contribution < -0.4 is 5.73 Å². The fraction of sp³-hybridized carbons (Fsp3) is 0.353. The molecule has 2 aromatic heterocycles. The zero-order valence-corrected chi connectivity index (χ0v) is 13.9. The molecule has 3 nitrogen and oxygen atoms in total. The number of nitrogens with two attached hydrogens (primary N) is 1. The van der Waals surface area contributed by atoms with Gasteiger partial charge >= 0.3 is 0 Å². The van der Waals surface area contributed by atoms with Crippen molar-refractivity contribution in [3.05, 3.63) is 40.6 Å². The Labute approximate surface area is 133 Å². The lowest BCUT2D eigenvalue weighted by atomic mass is 9.97. The highest BCUT2D eigenvalue weighted by Crippen LogP contribution is 2.32. The predicted molar refractivity (Wildman–Crippen MR) is 90.4 cm³/mol. The molecular formula is C17H20FN3S. The van der Waals surface area contributed by atoms with Crippen molar-refractivity contribution < 1.29 is 4.39 Å². The number of hydrogen-bond donors (Lipinski definition) is 1. The summed E-state index contributed by atoms with van der Waals surface area (Å²) < 4.78 is 16.6. The van der Waals surface area contributed by atoms with Crippen molar-refractivity contribution in [1.82, 2.24) is 9.55 Å². The van der Waals surface area contributed by atoms with Crippen molar-refractivity contribution in [1.29, 1.82) is 0 Å². The van der Waals surface area contributed by atoms with Gasteiger partial charge in [-0.2, -0.15) is 0 Å². The molecule has 5 heteroatoms. The molecule has 0 aliphatic rings. The summed E-state index contributed by atoms with van der Waals surface area (Å²) in [6.07, 6.45) is 2.04.